The second-order valence-electron chi connectivity index (χ2n) is 12.8. The van der Waals surface area contributed by atoms with E-state index in [0.717, 1.165) is 43.1 Å². The van der Waals surface area contributed by atoms with Crippen molar-refractivity contribution in [3.05, 3.63) is 23.8 Å². The van der Waals surface area contributed by atoms with Gasteiger partial charge >= 0.3 is 0 Å². The van der Waals surface area contributed by atoms with Gasteiger partial charge in [0, 0.05) is 0 Å². The zero-order valence-corrected chi connectivity index (χ0v) is 28.4. The summed E-state index contributed by atoms with van der Waals surface area (Å²) in [6, 6.07) is 5.86. The topological polar surface area (TPSA) is 38.7 Å². The van der Waals surface area contributed by atoms with Gasteiger partial charge in [0.1, 0.15) is 0 Å². The summed E-state index contributed by atoms with van der Waals surface area (Å²) in [5.41, 5.74) is 0.884. The number of aliphatic hydroxyl groups excluding tert-OH is 1. The predicted octanol–water partition coefficient (Wildman–Crippen LogP) is 12.9. The normalized spacial score (nSPS) is 11.3. The molecule has 0 saturated carbocycles. The van der Waals surface area contributed by atoms with Gasteiger partial charge in [0.2, 0.25) is 0 Å². The third-order valence-electron chi connectivity index (χ3n) is 8.70. The third-order valence-corrected chi connectivity index (χ3v) is 8.70. The van der Waals surface area contributed by atoms with E-state index in [1.165, 1.54) is 167 Å². The molecule has 1 aromatic carbocycles. The molecule has 0 unspecified atom stereocenters. The largest absolute Gasteiger partial charge is 0.490 e. The smallest absolute Gasteiger partial charge is 0.161 e. The minimum Gasteiger partial charge on any atom is -0.490 e. The van der Waals surface area contributed by atoms with Crippen LogP contribution < -0.4 is 9.47 Å². The van der Waals surface area contributed by atoms with E-state index >= 15 is 0 Å². The first kappa shape index (κ1) is 38.8. The molecule has 0 spiro atoms. The second kappa shape index (κ2) is 31.2. The minimum atomic E-state index is 0.0362. The van der Waals surface area contributed by atoms with Crippen LogP contribution in [-0.2, 0) is 6.61 Å². The number of aliphatic hydroxyl groups is 1. The van der Waals surface area contributed by atoms with Gasteiger partial charge in [-0.3, -0.25) is 0 Å². The van der Waals surface area contributed by atoms with Crippen LogP contribution in [0.15, 0.2) is 18.2 Å². The summed E-state index contributed by atoms with van der Waals surface area (Å²) in [7, 11) is 0. The van der Waals surface area contributed by atoms with E-state index in [0.29, 0.717) is 0 Å². The van der Waals surface area contributed by atoms with Crippen LogP contribution in [-0.4, -0.2) is 18.3 Å². The molecule has 1 N–H and O–H groups in total. The number of rotatable bonds is 33. The highest BCUT2D eigenvalue weighted by atomic mass is 16.5. The van der Waals surface area contributed by atoms with E-state index < -0.39 is 0 Å². The molecule has 246 valence electrons. The maximum absolute atomic E-state index is 9.58. The molecule has 0 aromatic heterocycles. The lowest BCUT2D eigenvalue weighted by atomic mass is 10.0. The summed E-state index contributed by atoms with van der Waals surface area (Å²) < 4.78 is 12.2. The Bertz CT molecular complexity index is 674. The Kier molecular flexibility index (Phi) is 28.8. The fourth-order valence-electron chi connectivity index (χ4n) is 5.84. The molecule has 0 atom stereocenters. The lowest BCUT2D eigenvalue weighted by Gasteiger charge is -2.14. The van der Waals surface area contributed by atoms with Gasteiger partial charge in [-0.05, 0) is 30.5 Å². The van der Waals surface area contributed by atoms with E-state index in [1.54, 1.807) is 0 Å². The molecule has 3 heteroatoms. The van der Waals surface area contributed by atoms with Crippen molar-refractivity contribution in [3.63, 3.8) is 0 Å². The number of ether oxygens (including phenoxy) is 2. The Hall–Kier alpha value is -1.22. The van der Waals surface area contributed by atoms with Crippen LogP contribution in [0.2, 0.25) is 0 Å². The summed E-state index contributed by atoms with van der Waals surface area (Å²) in [6.45, 7) is 6.08. The Morgan fingerprint density at radius 3 is 1.05 bits per heavy atom. The van der Waals surface area contributed by atoms with Crippen LogP contribution in [0.1, 0.15) is 199 Å². The summed E-state index contributed by atoms with van der Waals surface area (Å²) >= 11 is 0. The van der Waals surface area contributed by atoms with Crippen LogP contribution in [0.3, 0.4) is 0 Å². The molecule has 1 rings (SSSR count). The fraction of sp³-hybridized carbons (Fsp3) is 0.846. The SMILES string of the molecule is CCCCCCCCCCCCCCCCOc1ccc(CO)cc1OCCCCCCCCCCCCCCCC. The molecule has 0 aliphatic heterocycles. The van der Waals surface area contributed by atoms with Crippen LogP contribution in [0, 0.1) is 0 Å². The number of unbranched alkanes of at least 4 members (excludes halogenated alkanes) is 26. The molecule has 0 saturated heterocycles. The fourth-order valence-corrected chi connectivity index (χ4v) is 5.84. The monoisotopic (exact) mass is 589 g/mol. The van der Waals surface area contributed by atoms with Crippen molar-refractivity contribution in [1.29, 1.82) is 0 Å². The Morgan fingerprint density at radius 2 is 0.714 bits per heavy atom. The predicted molar refractivity (Wildman–Crippen MR) is 184 cm³/mol. The lowest BCUT2D eigenvalue weighted by molar-refractivity contribution is 0.254. The summed E-state index contributed by atoms with van der Waals surface area (Å²) in [4.78, 5) is 0. The van der Waals surface area contributed by atoms with E-state index in [9.17, 15) is 5.11 Å². The molecule has 42 heavy (non-hydrogen) atoms. The quantitative estimate of drug-likeness (QED) is 0.0830. The lowest BCUT2D eigenvalue weighted by Crippen LogP contribution is -2.03. The van der Waals surface area contributed by atoms with Gasteiger partial charge in [-0.25, -0.2) is 0 Å². The highest BCUT2D eigenvalue weighted by Crippen LogP contribution is 2.29. The van der Waals surface area contributed by atoms with Gasteiger partial charge in [-0.1, -0.05) is 187 Å². The maximum Gasteiger partial charge on any atom is 0.161 e. The minimum absolute atomic E-state index is 0.0362. The van der Waals surface area contributed by atoms with Crippen LogP contribution in [0.25, 0.3) is 0 Å². The number of benzene rings is 1. The van der Waals surface area contributed by atoms with Gasteiger partial charge in [0.15, 0.2) is 11.5 Å². The van der Waals surface area contributed by atoms with Crippen molar-refractivity contribution in [2.75, 3.05) is 13.2 Å². The highest BCUT2D eigenvalue weighted by molar-refractivity contribution is 5.42. The first-order chi connectivity index (χ1) is 20.8. The molecular formula is C39H72O3. The number of hydrogen-bond donors (Lipinski definition) is 1. The van der Waals surface area contributed by atoms with Gasteiger partial charge in [-0.15, -0.1) is 0 Å². The molecule has 0 fully saturated rings. The summed E-state index contributed by atoms with van der Waals surface area (Å²) in [5, 5.41) is 9.58. The van der Waals surface area contributed by atoms with Crippen molar-refractivity contribution in [2.45, 2.75) is 200 Å². The van der Waals surface area contributed by atoms with Crippen molar-refractivity contribution in [2.24, 2.45) is 0 Å². The van der Waals surface area contributed by atoms with E-state index in [4.69, 9.17) is 9.47 Å². The van der Waals surface area contributed by atoms with Crippen molar-refractivity contribution >= 4 is 0 Å². The van der Waals surface area contributed by atoms with Crippen molar-refractivity contribution in [1.82, 2.24) is 0 Å². The average Bonchev–Trinajstić information content (AvgIpc) is 3.01. The molecule has 0 amide bonds. The standard InChI is InChI=1S/C39H72O3/c1-3-5-7-9-11-13-15-17-19-21-23-25-27-29-33-41-38-32-31-37(36-40)35-39(38)42-34-30-28-26-24-22-20-18-16-14-12-10-8-6-4-2/h31-32,35,40H,3-30,33-34,36H2,1-2H3. The Labute approximate surface area is 262 Å². The van der Waals surface area contributed by atoms with Crippen LogP contribution in [0.5, 0.6) is 11.5 Å². The highest BCUT2D eigenvalue weighted by Gasteiger charge is 2.07. The second-order valence-corrected chi connectivity index (χ2v) is 12.8. The van der Waals surface area contributed by atoms with E-state index in [2.05, 4.69) is 13.8 Å². The molecule has 0 aliphatic carbocycles. The third kappa shape index (κ3) is 24.2. The molecule has 1 aromatic rings. The van der Waals surface area contributed by atoms with E-state index in [-0.39, 0.29) is 6.61 Å². The van der Waals surface area contributed by atoms with Crippen molar-refractivity contribution < 1.29 is 14.6 Å². The van der Waals surface area contributed by atoms with Gasteiger partial charge in [-0.2, -0.15) is 0 Å². The van der Waals surface area contributed by atoms with Crippen molar-refractivity contribution in [3.8, 4) is 11.5 Å². The van der Waals surface area contributed by atoms with Gasteiger partial charge in [0.25, 0.3) is 0 Å². The molecule has 3 nitrogen and oxygen atoms in total. The molecule has 0 aliphatic rings. The zero-order valence-electron chi connectivity index (χ0n) is 28.4. The summed E-state index contributed by atoms with van der Waals surface area (Å²) in [6.07, 6.45) is 38.2. The van der Waals surface area contributed by atoms with Crippen LogP contribution in [0.4, 0.5) is 0 Å². The Morgan fingerprint density at radius 1 is 0.405 bits per heavy atom. The molecule has 0 heterocycles. The van der Waals surface area contributed by atoms with Gasteiger partial charge in [0.05, 0.1) is 19.8 Å². The first-order valence-corrected chi connectivity index (χ1v) is 18.8. The maximum atomic E-state index is 9.58. The molecule has 0 bridgehead atoms. The number of hydrogen-bond acceptors (Lipinski definition) is 3. The van der Waals surface area contributed by atoms with Gasteiger partial charge < -0.3 is 14.6 Å². The molecular weight excluding hydrogens is 516 g/mol. The first-order valence-electron chi connectivity index (χ1n) is 18.8. The molecule has 0 radical (unpaired) electrons. The van der Waals surface area contributed by atoms with E-state index in [1.807, 2.05) is 18.2 Å². The summed E-state index contributed by atoms with van der Waals surface area (Å²) in [5.74, 6) is 1.62. The zero-order chi connectivity index (χ0) is 30.2. The Balaban J connectivity index is 2.02. The van der Waals surface area contributed by atoms with Crippen LogP contribution >= 0.6 is 0 Å². The average molecular weight is 589 g/mol.